The van der Waals surface area contributed by atoms with Crippen molar-refractivity contribution in [3.63, 3.8) is 0 Å². The first-order valence-corrected chi connectivity index (χ1v) is 5.64. The maximum atomic E-state index is 12.2. The summed E-state index contributed by atoms with van der Waals surface area (Å²) < 4.78 is 1.52. The van der Waals surface area contributed by atoms with E-state index in [-0.39, 0.29) is 11.3 Å². The van der Waals surface area contributed by atoms with Crippen molar-refractivity contribution in [2.75, 3.05) is 0 Å². The number of carbonyl (C=O) groups is 1. The van der Waals surface area contributed by atoms with Gasteiger partial charge >= 0.3 is 0 Å². The first-order valence-electron chi connectivity index (χ1n) is 5.64. The quantitative estimate of drug-likeness (QED) is 0.356. The minimum absolute atomic E-state index is 0.0993. The Hall–Kier alpha value is -2.85. The maximum absolute atomic E-state index is 12.2. The molecule has 0 aliphatic carbocycles. The van der Waals surface area contributed by atoms with E-state index in [1.54, 1.807) is 12.1 Å². The molecule has 3 rings (SSSR count). The Morgan fingerprint density at radius 3 is 3.00 bits per heavy atom. The first-order chi connectivity index (χ1) is 9.27. The lowest BCUT2D eigenvalue weighted by atomic mass is 10.0. The van der Waals surface area contributed by atoms with Crippen LogP contribution >= 0.6 is 0 Å². The summed E-state index contributed by atoms with van der Waals surface area (Å²) in [6, 6.07) is 5.41. The van der Waals surface area contributed by atoms with Gasteiger partial charge in [0.1, 0.15) is 0 Å². The van der Waals surface area contributed by atoms with Crippen molar-refractivity contribution < 1.29 is 4.79 Å². The summed E-state index contributed by atoms with van der Waals surface area (Å²) in [6.07, 6.45) is 4.20. The summed E-state index contributed by atoms with van der Waals surface area (Å²) in [6.45, 7) is 0.406. The Labute approximate surface area is 107 Å². The highest BCUT2D eigenvalue weighted by Gasteiger charge is 2.18. The summed E-state index contributed by atoms with van der Waals surface area (Å²) in [5, 5.41) is 4.13. The molecular weight excluding hydrogens is 244 g/mol. The first kappa shape index (κ1) is 11.3. The van der Waals surface area contributed by atoms with Crippen molar-refractivity contribution in [1.82, 2.24) is 4.57 Å². The molecule has 0 amide bonds. The van der Waals surface area contributed by atoms with Crippen LogP contribution in [0.5, 0.6) is 0 Å². The number of allylic oxidation sites excluding steroid dienone is 1. The lowest BCUT2D eigenvalue weighted by molar-refractivity contribution is 0.112. The molecule has 6 heteroatoms. The zero-order valence-corrected chi connectivity index (χ0v) is 9.78. The fraction of sp³-hybridized carbons (Fsp3) is 0.0769. The summed E-state index contributed by atoms with van der Waals surface area (Å²) in [7, 11) is 0. The highest BCUT2D eigenvalue weighted by Crippen LogP contribution is 2.31. The van der Waals surface area contributed by atoms with Gasteiger partial charge in [-0.05, 0) is 11.1 Å². The zero-order chi connectivity index (χ0) is 13.4. The van der Waals surface area contributed by atoms with E-state index in [9.17, 15) is 9.59 Å². The van der Waals surface area contributed by atoms with Gasteiger partial charge in [-0.25, -0.2) is 0 Å². The van der Waals surface area contributed by atoms with Gasteiger partial charge < -0.3 is 4.57 Å². The number of hydrogen-bond donors (Lipinski definition) is 0. The van der Waals surface area contributed by atoms with Gasteiger partial charge in [0.2, 0.25) is 0 Å². The molecule has 0 fully saturated rings. The monoisotopic (exact) mass is 252 g/mol. The molecule has 6 nitrogen and oxygen atoms in total. The number of benzene rings is 1. The minimum Gasteiger partial charge on any atom is -0.303 e. The predicted molar refractivity (Wildman–Crippen MR) is 71.4 cm³/mol. The van der Waals surface area contributed by atoms with E-state index in [0.29, 0.717) is 23.7 Å². The van der Waals surface area contributed by atoms with Crippen LogP contribution in [0.15, 0.2) is 34.2 Å². The molecule has 0 unspecified atom stereocenters. The maximum Gasteiger partial charge on any atom is 0.262 e. The number of aldehydes is 1. The van der Waals surface area contributed by atoms with Crippen LogP contribution in [0, 0.1) is 0 Å². The summed E-state index contributed by atoms with van der Waals surface area (Å²) in [5.41, 5.74) is 9.76. The molecule has 2 aromatic rings. The highest BCUT2D eigenvalue weighted by atomic mass is 16.1. The summed E-state index contributed by atoms with van der Waals surface area (Å²) in [5.74, 6) is 0. The number of nitrogens with zero attached hydrogens (tertiary/aromatic N) is 4. The van der Waals surface area contributed by atoms with E-state index in [4.69, 9.17) is 5.53 Å². The Morgan fingerprint density at radius 2 is 2.26 bits per heavy atom. The Morgan fingerprint density at radius 1 is 1.42 bits per heavy atom. The zero-order valence-electron chi connectivity index (χ0n) is 9.78. The number of azide groups is 1. The topological polar surface area (TPSA) is 87.8 Å². The Bertz CT molecular complexity index is 842. The van der Waals surface area contributed by atoms with Crippen LogP contribution in [0.1, 0.15) is 15.9 Å². The lowest BCUT2D eigenvalue weighted by Crippen LogP contribution is -2.25. The van der Waals surface area contributed by atoms with Crippen LogP contribution in [0.4, 0.5) is 5.69 Å². The summed E-state index contributed by atoms with van der Waals surface area (Å²) >= 11 is 0. The number of rotatable bonds is 2. The molecule has 19 heavy (non-hydrogen) atoms. The van der Waals surface area contributed by atoms with E-state index >= 15 is 0 Å². The average Bonchev–Trinajstić information content (AvgIpc) is 2.45. The van der Waals surface area contributed by atoms with Gasteiger partial charge in [-0.3, -0.25) is 9.59 Å². The molecule has 0 radical (unpaired) electrons. The van der Waals surface area contributed by atoms with Crippen molar-refractivity contribution >= 4 is 29.0 Å². The van der Waals surface area contributed by atoms with Crippen molar-refractivity contribution in [3.05, 3.63) is 56.2 Å². The molecule has 1 aromatic heterocycles. The second kappa shape index (κ2) is 4.12. The molecule has 1 aliphatic rings. The normalized spacial score (nSPS) is 12.2. The van der Waals surface area contributed by atoms with Crippen molar-refractivity contribution in [2.24, 2.45) is 5.11 Å². The molecule has 1 aromatic carbocycles. The van der Waals surface area contributed by atoms with Gasteiger partial charge in [-0.2, -0.15) is 0 Å². The standard InChI is InChI=1S/C13H8N4O2/c14-16-15-11-9-5-1-3-8-4-2-6-17(12(8)9)13(19)10(11)7-18/h1-5,7H,6H2. The highest BCUT2D eigenvalue weighted by molar-refractivity contribution is 6.02. The average molecular weight is 252 g/mol. The fourth-order valence-electron chi connectivity index (χ4n) is 2.40. The third-order valence-electron chi connectivity index (χ3n) is 3.17. The number of pyridine rings is 1. The van der Waals surface area contributed by atoms with E-state index in [2.05, 4.69) is 10.0 Å². The molecule has 0 spiro atoms. The van der Waals surface area contributed by atoms with Crippen LogP contribution in [0.2, 0.25) is 0 Å². The fourth-order valence-corrected chi connectivity index (χ4v) is 2.40. The van der Waals surface area contributed by atoms with Crippen molar-refractivity contribution in [2.45, 2.75) is 6.54 Å². The van der Waals surface area contributed by atoms with Crippen LogP contribution in [0.25, 0.3) is 27.4 Å². The minimum atomic E-state index is -0.429. The molecular formula is C13H8N4O2. The second-order valence-electron chi connectivity index (χ2n) is 4.13. The predicted octanol–water partition coefficient (Wildman–Crippen LogP) is 2.78. The van der Waals surface area contributed by atoms with E-state index in [0.717, 1.165) is 5.56 Å². The molecule has 0 bridgehead atoms. The van der Waals surface area contributed by atoms with Gasteiger partial charge in [0.05, 0.1) is 16.8 Å². The Balaban J connectivity index is 2.65. The van der Waals surface area contributed by atoms with Crippen molar-refractivity contribution in [1.29, 1.82) is 0 Å². The molecule has 0 saturated heterocycles. The molecule has 0 atom stereocenters. The van der Waals surface area contributed by atoms with Crippen LogP contribution in [-0.2, 0) is 6.54 Å². The largest absolute Gasteiger partial charge is 0.303 e. The van der Waals surface area contributed by atoms with Crippen LogP contribution in [-0.4, -0.2) is 10.9 Å². The SMILES string of the molecule is [N-]=[N+]=Nc1c(C=O)c(=O)n2c3c(cccc13)C=CC2. The number of para-hydroxylation sites is 1. The summed E-state index contributed by atoms with van der Waals surface area (Å²) in [4.78, 5) is 26.1. The molecule has 0 N–H and O–H groups in total. The third-order valence-corrected chi connectivity index (χ3v) is 3.17. The van der Waals surface area contributed by atoms with Gasteiger partial charge in [0.15, 0.2) is 6.29 Å². The lowest BCUT2D eigenvalue weighted by Gasteiger charge is -2.17. The van der Waals surface area contributed by atoms with Gasteiger partial charge in [-0.15, -0.1) is 0 Å². The number of hydrogen-bond acceptors (Lipinski definition) is 3. The van der Waals surface area contributed by atoms with Gasteiger partial charge in [-0.1, -0.05) is 35.5 Å². The van der Waals surface area contributed by atoms with E-state index in [1.807, 2.05) is 18.2 Å². The molecule has 2 heterocycles. The molecule has 0 saturated carbocycles. The second-order valence-corrected chi connectivity index (χ2v) is 4.13. The van der Waals surface area contributed by atoms with Gasteiger partial charge in [0, 0.05) is 16.8 Å². The third kappa shape index (κ3) is 1.47. The smallest absolute Gasteiger partial charge is 0.262 e. The Kier molecular flexibility index (Phi) is 2.44. The van der Waals surface area contributed by atoms with Crippen molar-refractivity contribution in [3.8, 4) is 0 Å². The van der Waals surface area contributed by atoms with E-state index < -0.39 is 5.56 Å². The molecule has 92 valence electrons. The van der Waals surface area contributed by atoms with E-state index in [1.165, 1.54) is 4.57 Å². The number of aromatic nitrogens is 1. The number of carbonyl (C=O) groups excluding carboxylic acids is 1. The van der Waals surface area contributed by atoms with Gasteiger partial charge in [0.25, 0.3) is 5.56 Å². The van der Waals surface area contributed by atoms with Crippen LogP contribution < -0.4 is 5.56 Å². The molecule has 1 aliphatic heterocycles. The van der Waals surface area contributed by atoms with Crippen LogP contribution in [0.3, 0.4) is 0 Å².